The van der Waals surface area contributed by atoms with Crippen LogP contribution in [0.2, 0.25) is 0 Å². The lowest BCUT2D eigenvalue weighted by molar-refractivity contribution is 0.0684. The Kier molecular flexibility index (Phi) is 4.59. The number of aromatic nitrogens is 3. The number of furan rings is 1. The van der Waals surface area contributed by atoms with E-state index in [-0.39, 0.29) is 17.7 Å². The summed E-state index contributed by atoms with van der Waals surface area (Å²) in [6.07, 6.45) is 3.90. The molecule has 1 saturated heterocycles. The van der Waals surface area contributed by atoms with Crippen molar-refractivity contribution in [3.05, 3.63) is 59.5 Å². The van der Waals surface area contributed by atoms with Crippen LogP contribution < -0.4 is 4.90 Å². The Balaban J connectivity index is 1.38. The number of anilines is 1. The first-order valence-corrected chi connectivity index (χ1v) is 10.5. The summed E-state index contributed by atoms with van der Waals surface area (Å²) in [5.74, 6) is 1.24. The predicted molar refractivity (Wildman–Crippen MR) is 107 cm³/mol. The van der Waals surface area contributed by atoms with E-state index < -0.39 is 0 Å². The summed E-state index contributed by atoms with van der Waals surface area (Å²) in [5.41, 5.74) is 0.904. The zero-order chi connectivity index (χ0) is 19.8. The zero-order valence-corrected chi connectivity index (χ0v) is 16.5. The molecule has 0 bridgehead atoms. The van der Waals surface area contributed by atoms with Gasteiger partial charge in [-0.2, -0.15) is 0 Å². The number of hydrogen-bond acceptors (Lipinski definition) is 7. The molecule has 0 saturated carbocycles. The van der Waals surface area contributed by atoms with Crippen LogP contribution in [0.15, 0.2) is 52.2 Å². The van der Waals surface area contributed by atoms with Crippen molar-refractivity contribution in [1.29, 1.82) is 0 Å². The van der Waals surface area contributed by atoms with Crippen molar-refractivity contribution in [3.63, 3.8) is 0 Å². The van der Waals surface area contributed by atoms with Crippen molar-refractivity contribution >= 4 is 29.5 Å². The highest BCUT2D eigenvalue weighted by Gasteiger charge is 2.35. The molecule has 2 aliphatic rings. The number of carbonyl (C=O) groups excluding carboxylic acids is 2. The van der Waals surface area contributed by atoms with Crippen molar-refractivity contribution in [1.82, 2.24) is 19.7 Å². The molecular weight excluding hydrogens is 390 g/mol. The van der Waals surface area contributed by atoms with Gasteiger partial charge in [-0.05, 0) is 37.1 Å². The number of imide groups is 1. The van der Waals surface area contributed by atoms with Crippen molar-refractivity contribution in [2.24, 2.45) is 0 Å². The second-order valence-electron chi connectivity index (χ2n) is 7.00. The summed E-state index contributed by atoms with van der Waals surface area (Å²) in [6, 6.07) is 10.7. The van der Waals surface area contributed by atoms with Gasteiger partial charge in [0.2, 0.25) is 5.95 Å². The minimum absolute atomic E-state index is 0.183. The third-order valence-electron chi connectivity index (χ3n) is 5.18. The van der Waals surface area contributed by atoms with Crippen LogP contribution in [0.4, 0.5) is 5.95 Å². The van der Waals surface area contributed by atoms with Crippen LogP contribution in [-0.4, -0.2) is 50.4 Å². The van der Waals surface area contributed by atoms with Crippen LogP contribution in [0.1, 0.15) is 39.3 Å². The molecule has 2 aliphatic heterocycles. The van der Waals surface area contributed by atoms with Crippen LogP contribution in [0, 0.1) is 0 Å². The molecule has 5 rings (SSSR count). The maximum Gasteiger partial charge on any atom is 0.262 e. The molecule has 0 atom stereocenters. The van der Waals surface area contributed by atoms with Gasteiger partial charge in [-0.15, -0.1) is 10.2 Å². The van der Waals surface area contributed by atoms with E-state index in [4.69, 9.17) is 4.42 Å². The predicted octanol–water partition coefficient (Wildman–Crippen LogP) is 2.87. The Morgan fingerprint density at radius 3 is 2.34 bits per heavy atom. The van der Waals surface area contributed by atoms with Gasteiger partial charge in [0.1, 0.15) is 5.76 Å². The van der Waals surface area contributed by atoms with Gasteiger partial charge in [-0.25, -0.2) is 0 Å². The molecule has 29 heavy (non-hydrogen) atoms. The van der Waals surface area contributed by atoms with E-state index in [2.05, 4.69) is 15.1 Å². The molecule has 1 fully saturated rings. The molecule has 1 aromatic carbocycles. The second-order valence-corrected chi connectivity index (χ2v) is 7.91. The second kappa shape index (κ2) is 7.40. The van der Waals surface area contributed by atoms with Gasteiger partial charge >= 0.3 is 0 Å². The Hall–Kier alpha value is -3.07. The number of amides is 2. The maximum atomic E-state index is 12.6. The van der Waals surface area contributed by atoms with Gasteiger partial charge in [0.25, 0.3) is 11.8 Å². The normalized spacial score (nSPS) is 16.1. The molecule has 8 nitrogen and oxygen atoms in total. The first-order chi connectivity index (χ1) is 14.2. The summed E-state index contributed by atoms with van der Waals surface area (Å²) in [6.45, 7) is 2.38. The summed E-state index contributed by atoms with van der Waals surface area (Å²) in [7, 11) is 0. The highest BCUT2D eigenvalue weighted by molar-refractivity contribution is 7.99. The molecular formula is C20H19N5O3S. The van der Waals surface area contributed by atoms with E-state index in [1.807, 2.05) is 16.7 Å². The van der Waals surface area contributed by atoms with E-state index in [0.29, 0.717) is 22.8 Å². The first kappa shape index (κ1) is 18.0. The Labute approximate surface area is 171 Å². The summed E-state index contributed by atoms with van der Waals surface area (Å²) in [4.78, 5) is 28.7. The number of fused-ring (bicyclic) bond motifs is 1. The summed E-state index contributed by atoms with van der Waals surface area (Å²) in [5, 5.41) is 9.39. The van der Waals surface area contributed by atoms with Crippen LogP contribution in [0.5, 0.6) is 0 Å². The topological polar surface area (TPSA) is 84.5 Å². The molecule has 148 valence electrons. The van der Waals surface area contributed by atoms with E-state index in [0.717, 1.165) is 37.6 Å². The van der Waals surface area contributed by atoms with Gasteiger partial charge in [-0.1, -0.05) is 23.9 Å². The van der Waals surface area contributed by atoms with Gasteiger partial charge in [0.05, 0.1) is 29.8 Å². The molecule has 0 spiro atoms. The molecule has 0 aliphatic carbocycles. The van der Waals surface area contributed by atoms with Crippen molar-refractivity contribution in [2.75, 3.05) is 23.9 Å². The molecule has 4 heterocycles. The number of rotatable bonds is 6. The maximum absolute atomic E-state index is 12.6. The average molecular weight is 409 g/mol. The smallest absolute Gasteiger partial charge is 0.262 e. The molecule has 0 N–H and O–H groups in total. The molecule has 3 aromatic rings. The number of carbonyl (C=O) groups is 2. The van der Waals surface area contributed by atoms with E-state index in [1.165, 1.54) is 16.7 Å². The largest absolute Gasteiger partial charge is 0.467 e. The lowest BCUT2D eigenvalue weighted by Gasteiger charge is -2.18. The Bertz CT molecular complexity index is 1020. The summed E-state index contributed by atoms with van der Waals surface area (Å²) < 4.78 is 7.50. The fraction of sp³-hybridized carbons (Fsp3) is 0.300. The van der Waals surface area contributed by atoms with Crippen molar-refractivity contribution in [2.45, 2.75) is 24.5 Å². The van der Waals surface area contributed by atoms with Crippen LogP contribution >= 0.6 is 11.8 Å². The molecule has 0 unspecified atom stereocenters. The lowest BCUT2D eigenvalue weighted by atomic mass is 10.1. The number of benzene rings is 1. The lowest BCUT2D eigenvalue weighted by Crippen LogP contribution is -2.29. The summed E-state index contributed by atoms with van der Waals surface area (Å²) >= 11 is 1.33. The SMILES string of the molecule is O=C1c2ccccc2C(=O)N1CSc1nnc(N2CCCC2)n1Cc1ccco1. The fourth-order valence-corrected chi connectivity index (χ4v) is 4.59. The number of hydrogen-bond donors (Lipinski definition) is 0. The van der Waals surface area contributed by atoms with Crippen LogP contribution in [-0.2, 0) is 6.54 Å². The molecule has 0 radical (unpaired) electrons. The minimum Gasteiger partial charge on any atom is -0.467 e. The first-order valence-electron chi connectivity index (χ1n) is 9.51. The number of nitrogens with zero attached hydrogens (tertiary/aromatic N) is 5. The van der Waals surface area contributed by atoms with Gasteiger partial charge in [-0.3, -0.25) is 19.1 Å². The van der Waals surface area contributed by atoms with E-state index >= 15 is 0 Å². The monoisotopic (exact) mass is 409 g/mol. The average Bonchev–Trinajstić information content (AvgIpc) is 3.52. The molecule has 2 amide bonds. The minimum atomic E-state index is -0.269. The van der Waals surface area contributed by atoms with Crippen LogP contribution in [0.3, 0.4) is 0 Å². The standard InChI is InChI=1S/C20H19N5O3S/c26-17-15-7-1-2-8-16(15)18(27)25(17)13-29-20-22-21-19(23-9-3-4-10-23)24(20)12-14-6-5-11-28-14/h1-2,5-8,11H,3-4,9-10,12-13H2. The highest BCUT2D eigenvalue weighted by Crippen LogP contribution is 2.29. The van der Waals surface area contributed by atoms with Crippen LogP contribution in [0.25, 0.3) is 0 Å². The van der Waals surface area contributed by atoms with Crippen molar-refractivity contribution in [3.8, 4) is 0 Å². The van der Waals surface area contributed by atoms with Gasteiger partial charge in [0, 0.05) is 13.1 Å². The van der Waals surface area contributed by atoms with E-state index in [1.54, 1.807) is 30.5 Å². The fourth-order valence-electron chi connectivity index (χ4n) is 3.71. The molecule has 9 heteroatoms. The quantitative estimate of drug-likeness (QED) is 0.457. The Morgan fingerprint density at radius 1 is 0.966 bits per heavy atom. The number of thioether (sulfide) groups is 1. The zero-order valence-electron chi connectivity index (χ0n) is 15.7. The van der Waals surface area contributed by atoms with Gasteiger partial charge in [0.15, 0.2) is 5.16 Å². The molecule has 2 aromatic heterocycles. The third kappa shape index (κ3) is 3.21. The van der Waals surface area contributed by atoms with Gasteiger partial charge < -0.3 is 9.32 Å². The third-order valence-corrected chi connectivity index (χ3v) is 6.13. The van der Waals surface area contributed by atoms with Crippen molar-refractivity contribution < 1.29 is 14.0 Å². The highest BCUT2D eigenvalue weighted by atomic mass is 32.2. The Morgan fingerprint density at radius 2 is 1.69 bits per heavy atom. The van der Waals surface area contributed by atoms with E-state index in [9.17, 15) is 9.59 Å².